The Morgan fingerprint density at radius 1 is 1.14 bits per heavy atom. The SMILES string of the molecule is CCN(CC)C(=O)[C@@]1(C(=O)OC)C[C@@H]2C=C[C@H]1N(C(=O)OCc1ccccc1)C2. The Kier molecular flexibility index (Phi) is 6.25. The summed E-state index contributed by atoms with van der Waals surface area (Å²) in [6.07, 6.45) is 3.55. The van der Waals surface area contributed by atoms with Gasteiger partial charge in [-0.15, -0.1) is 0 Å². The number of methoxy groups -OCH3 is 1. The van der Waals surface area contributed by atoms with E-state index >= 15 is 0 Å². The van der Waals surface area contributed by atoms with E-state index in [1.165, 1.54) is 12.0 Å². The molecule has 2 heterocycles. The Morgan fingerprint density at radius 3 is 2.41 bits per heavy atom. The summed E-state index contributed by atoms with van der Waals surface area (Å²) in [5.41, 5.74) is -0.568. The van der Waals surface area contributed by atoms with Crippen molar-refractivity contribution in [2.24, 2.45) is 11.3 Å². The van der Waals surface area contributed by atoms with Gasteiger partial charge in [0.1, 0.15) is 6.61 Å². The van der Waals surface area contributed by atoms with Gasteiger partial charge in [-0.3, -0.25) is 14.5 Å². The second-order valence-electron chi connectivity index (χ2n) is 7.43. The molecule has 0 aromatic heterocycles. The number of ether oxygens (including phenoxy) is 2. The van der Waals surface area contributed by atoms with Crippen LogP contribution in [0.3, 0.4) is 0 Å². The van der Waals surface area contributed by atoms with Crippen LogP contribution in [0.15, 0.2) is 42.5 Å². The highest BCUT2D eigenvalue weighted by molar-refractivity contribution is 6.05. The van der Waals surface area contributed by atoms with Gasteiger partial charge in [0.2, 0.25) is 5.91 Å². The standard InChI is InChI=1S/C22H28N2O5/c1-4-23(5-2)19(25)22(20(26)28-3)13-17-11-12-18(22)24(14-17)21(27)29-15-16-9-7-6-8-10-16/h6-12,17-18H,4-5,13-15H2,1-3H3/t17-,18+,22+/m0/s1. The molecule has 156 valence electrons. The quantitative estimate of drug-likeness (QED) is 0.417. The first-order chi connectivity index (χ1) is 14.0. The summed E-state index contributed by atoms with van der Waals surface area (Å²) >= 11 is 0. The molecule has 7 heteroatoms. The zero-order valence-electron chi connectivity index (χ0n) is 17.2. The van der Waals surface area contributed by atoms with E-state index in [2.05, 4.69) is 0 Å². The number of rotatable bonds is 6. The van der Waals surface area contributed by atoms with Crippen LogP contribution in [0, 0.1) is 11.3 Å². The Bertz CT molecular complexity index is 790. The lowest BCUT2D eigenvalue weighted by Gasteiger charge is -2.51. The van der Waals surface area contributed by atoms with Crippen LogP contribution in [0.4, 0.5) is 4.79 Å². The van der Waals surface area contributed by atoms with Gasteiger partial charge >= 0.3 is 12.1 Å². The first-order valence-electron chi connectivity index (χ1n) is 10.0. The van der Waals surface area contributed by atoms with Crippen LogP contribution in [0.5, 0.6) is 0 Å². The molecule has 1 saturated heterocycles. The molecular formula is C22H28N2O5. The van der Waals surface area contributed by atoms with E-state index in [1.807, 2.05) is 50.3 Å². The van der Waals surface area contributed by atoms with E-state index in [-0.39, 0.29) is 18.4 Å². The fourth-order valence-corrected chi connectivity index (χ4v) is 4.36. The van der Waals surface area contributed by atoms with E-state index in [0.717, 1.165) is 5.56 Å². The van der Waals surface area contributed by atoms with E-state index in [4.69, 9.17) is 9.47 Å². The average Bonchev–Trinajstić information content (AvgIpc) is 2.78. The number of carbonyl (C=O) groups is 3. The fraction of sp³-hybridized carbons (Fsp3) is 0.500. The second kappa shape index (κ2) is 8.68. The van der Waals surface area contributed by atoms with Crippen molar-refractivity contribution >= 4 is 18.0 Å². The molecule has 1 fully saturated rings. The van der Waals surface area contributed by atoms with Crippen molar-refractivity contribution < 1.29 is 23.9 Å². The van der Waals surface area contributed by atoms with Crippen LogP contribution in [0.1, 0.15) is 25.8 Å². The van der Waals surface area contributed by atoms with E-state index in [0.29, 0.717) is 26.1 Å². The molecule has 1 aromatic rings. The maximum atomic E-state index is 13.4. The molecule has 0 spiro atoms. The van der Waals surface area contributed by atoms with Crippen LogP contribution < -0.4 is 0 Å². The van der Waals surface area contributed by atoms with Gasteiger partial charge < -0.3 is 14.4 Å². The first-order valence-corrected chi connectivity index (χ1v) is 10.0. The van der Waals surface area contributed by atoms with Gasteiger partial charge in [0.15, 0.2) is 5.41 Å². The van der Waals surface area contributed by atoms with E-state index < -0.39 is 23.5 Å². The zero-order chi connectivity index (χ0) is 21.0. The zero-order valence-corrected chi connectivity index (χ0v) is 17.2. The summed E-state index contributed by atoms with van der Waals surface area (Å²) in [7, 11) is 1.28. The minimum Gasteiger partial charge on any atom is -0.468 e. The number of nitrogens with zero attached hydrogens (tertiary/aromatic N) is 2. The van der Waals surface area contributed by atoms with Gasteiger partial charge in [-0.1, -0.05) is 42.5 Å². The maximum Gasteiger partial charge on any atom is 0.410 e. The average molecular weight is 400 g/mol. The largest absolute Gasteiger partial charge is 0.468 e. The van der Waals surface area contributed by atoms with Crippen molar-refractivity contribution in [2.75, 3.05) is 26.7 Å². The van der Waals surface area contributed by atoms with E-state index in [1.54, 1.807) is 11.0 Å². The van der Waals surface area contributed by atoms with Crippen molar-refractivity contribution in [3.05, 3.63) is 48.0 Å². The van der Waals surface area contributed by atoms with Crippen molar-refractivity contribution in [1.29, 1.82) is 0 Å². The summed E-state index contributed by atoms with van der Waals surface area (Å²) in [4.78, 5) is 42.4. The Labute approximate surface area is 171 Å². The van der Waals surface area contributed by atoms with Crippen molar-refractivity contribution in [1.82, 2.24) is 9.80 Å². The molecule has 3 aliphatic rings. The summed E-state index contributed by atoms with van der Waals surface area (Å²) in [6.45, 7) is 5.25. The monoisotopic (exact) mass is 400 g/mol. The smallest absolute Gasteiger partial charge is 0.410 e. The minimum absolute atomic E-state index is 0.108. The van der Waals surface area contributed by atoms with Crippen LogP contribution >= 0.6 is 0 Å². The third-order valence-corrected chi connectivity index (χ3v) is 5.84. The molecule has 1 aromatic carbocycles. The van der Waals surface area contributed by atoms with E-state index in [9.17, 15) is 14.4 Å². The second-order valence-corrected chi connectivity index (χ2v) is 7.43. The lowest BCUT2D eigenvalue weighted by molar-refractivity contribution is -0.172. The van der Waals surface area contributed by atoms with Gasteiger partial charge in [-0.2, -0.15) is 0 Å². The minimum atomic E-state index is -1.44. The number of fused-ring (bicyclic) bond motifs is 2. The highest BCUT2D eigenvalue weighted by atomic mass is 16.6. The molecule has 2 amide bonds. The van der Waals surface area contributed by atoms with Crippen LogP contribution in [0.25, 0.3) is 0 Å². The van der Waals surface area contributed by atoms with Crippen molar-refractivity contribution in [3.8, 4) is 0 Å². The molecule has 0 saturated carbocycles. The van der Waals surface area contributed by atoms with Gasteiger partial charge in [-0.25, -0.2) is 4.79 Å². The van der Waals surface area contributed by atoms with Crippen LogP contribution in [-0.2, 0) is 25.7 Å². The van der Waals surface area contributed by atoms with Gasteiger partial charge in [0, 0.05) is 19.6 Å². The molecule has 2 bridgehead atoms. The van der Waals surface area contributed by atoms with Crippen molar-refractivity contribution in [2.45, 2.75) is 32.9 Å². The molecule has 0 N–H and O–H groups in total. The Morgan fingerprint density at radius 2 is 1.83 bits per heavy atom. The molecule has 0 unspecified atom stereocenters. The molecule has 2 aliphatic heterocycles. The van der Waals surface area contributed by atoms with Crippen LogP contribution in [-0.4, -0.2) is 60.6 Å². The first kappa shape index (κ1) is 20.9. The normalized spacial score (nSPS) is 24.9. The molecule has 3 atom stereocenters. The summed E-state index contributed by atoms with van der Waals surface area (Å²) in [5, 5.41) is 0. The number of hydrogen-bond donors (Lipinski definition) is 0. The summed E-state index contributed by atoms with van der Waals surface area (Å²) < 4.78 is 10.6. The Balaban J connectivity index is 1.87. The number of esters is 1. The number of hydrogen-bond acceptors (Lipinski definition) is 5. The highest BCUT2D eigenvalue weighted by Gasteiger charge is 2.61. The fourth-order valence-electron chi connectivity index (χ4n) is 4.36. The Hall–Kier alpha value is -2.83. The third-order valence-electron chi connectivity index (χ3n) is 5.84. The lowest BCUT2D eigenvalue weighted by atomic mass is 9.64. The predicted octanol–water partition coefficient (Wildman–Crippen LogP) is 2.61. The third kappa shape index (κ3) is 3.73. The highest BCUT2D eigenvalue weighted by Crippen LogP contribution is 2.46. The molecular weight excluding hydrogens is 372 g/mol. The molecule has 29 heavy (non-hydrogen) atoms. The van der Waals surface area contributed by atoms with Gasteiger partial charge in [0.05, 0.1) is 13.2 Å². The van der Waals surface area contributed by atoms with Gasteiger partial charge in [-0.05, 0) is 31.7 Å². The maximum absolute atomic E-state index is 13.4. The van der Waals surface area contributed by atoms with Crippen molar-refractivity contribution in [3.63, 3.8) is 0 Å². The molecule has 4 rings (SSSR count). The lowest BCUT2D eigenvalue weighted by Crippen LogP contribution is -2.67. The summed E-state index contributed by atoms with van der Waals surface area (Å²) in [6, 6.07) is 8.66. The molecule has 1 aliphatic carbocycles. The number of piperidine rings is 1. The topological polar surface area (TPSA) is 76.2 Å². The molecule has 0 radical (unpaired) electrons. The molecule has 7 nitrogen and oxygen atoms in total. The van der Waals surface area contributed by atoms with Gasteiger partial charge in [0.25, 0.3) is 0 Å². The van der Waals surface area contributed by atoms with Crippen LogP contribution in [0.2, 0.25) is 0 Å². The number of benzene rings is 1. The number of amides is 2. The summed E-state index contributed by atoms with van der Waals surface area (Å²) in [5.74, 6) is -1.01. The predicted molar refractivity (Wildman–Crippen MR) is 107 cm³/mol. The number of carbonyl (C=O) groups excluding carboxylic acids is 3.